The molecule has 0 unspecified atom stereocenters. The fourth-order valence-corrected chi connectivity index (χ4v) is 1.83. The van der Waals surface area contributed by atoms with Crippen molar-refractivity contribution in [2.75, 3.05) is 0 Å². The number of aromatic nitrogens is 1. The van der Waals surface area contributed by atoms with Crippen LogP contribution in [-0.2, 0) is 0 Å². The van der Waals surface area contributed by atoms with Gasteiger partial charge in [0.2, 0.25) is 5.88 Å². The molecular weight excluding hydrogens is 326 g/mol. The number of nitriles is 1. The maximum atomic E-state index is 10.6. The Hall–Kier alpha value is -2.46. The molecule has 0 fully saturated rings. The summed E-state index contributed by atoms with van der Waals surface area (Å²) in [5, 5.41) is 19.7. The van der Waals surface area contributed by atoms with Crippen LogP contribution in [0.15, 0.2) is 34.9 Å². The van der Waals surface area contributed by atoms with Gasteiger partial charge >= 0.3 is 0 Å². The van der Waals surface area contributed by atoms with Gasteiger partial charge in [0.25, 0.3) is 5.69 Å². The van der Waals surface area contributed by atoms with E-state index in [1.165, 1.54) is 0 Å². The SMILES string of the molecule is Cc1ccc(Br)cc1Oc1ncc([N+](=O)[O-])cc1C#N. The topological polar surface area (TPSA) is 89.1 Å². The summed E-state index contributed by atoms with van der Waals surface area (Å²) < 4.78 is 6.38. The molecule has 0 spiro atoms. The second-order valence-corrected chi connectivity index (χ2v) is 4.84. The summed E-state index contributed by atoms with van der Waals surface area (Å²) in [5.74, 6) is 0.566. The first-order valence-corrected chi connectivity index (χ1v) is 6.29. The Balaban J connectivity index is 2.41. The van der Waals surface area contributed by atoms with Gasteiger partial charge in [-0.1, -0.05) is 22.0 Å². The number of aryl methyl sites for hydroxylation is 1. The summed E-state index contributed by atoms with van der Waals surface area (Å²) in [5.41, 5.74) is 0.621. The van der Waals surface area contributed by atoms with Crippen LogP contribution in [0.1, 0.15) is 11.1 Å². The first kappa shape index (κ1) is 14.0. The maximum Gasteiger partial charge on any atom is 0.289 e. The molecule has 0 saturated carbocycles. The van der Waals surface area contributed by atoms with E-state index in [-0.39, 0.29) is 17.1 Å². The summed E-state index contributed by atoms with van der Waals surface area (Å²) in [6.45, 7) is 1.85. The van der Waals surface area contributed by atoms with Crippen molar-refractivity contribution in [3.8, 4) is 17.7 Å². The number of halogens is 1. The van der Waals surface area contributed by atoms with Crippen LogP contribution in [0.25, 0.3) is 0 Å². The van der Waals surface area contributed by atoms with E-state index < -0.39 is 4.92 Å². The molecule has 2 rings (SSSR count). The lowest BCUT2D eigenvalue weighted by Gasteiger charge is -2.09. The average molecular weight is 334 g/mol. The molecule has 0 N–H and O–H groups in total. The highest BCUT2D eigenvalue weighted by atomic mass is 79.9. The first-order chi connectivity index (χ1) is 9.51. The predicted octanol–water partition coefficient (Wildman–Crippen LogP) is 3.72. The van der Waals surface area contributed by atoms with Crippen molar-refractivity contribution < 1.29 is 9.66 Å². The molecule has 0 bridgehead atoms. The largest absolute Gasteiger partial charge is 0.437 e. The molecule has 1 aromatic heterocycles. The lowest BCUT2D eigenvalue weighted by molar-refractivity contribution is -0.385. The fourth-order valence-electron chi connectivity index (χ4n) is 1.49. The van der Waals surface area contributed by atoms with Crippen LogP contribution in [0, 0.1) is 28.4 Å². The zero-order valence-electron chi connectivity index (χ0n) is 10.3. The fraction of sp³-hybridized carbons (Fsp3) is 0.0769. The Morgan fingerprint density at radius 1 is 1.45 bits per heavy atom. The number of hydrogen-bond acceptors (Lipinski definition) is 5. The van der Waals surface area contributed by atoms with E-state index in [9.17, 15) is 10.1 Å². The number of nitrogens with zero attached hydrogens (tertiary/aromatic N) is 3. The third-order valence-electron chi connectivity index (χ3n) is 2.52. The van der Waals surface area contributed by atoms with Crippen LogP contribution < -0.4 is 4.74 Å². The van der Waals surface area contributed by atoms with Crippen LogP contribution >= 0.6 is 15.9 Å². The van der Waals surface area contributed by atoms with Gasteiger partial charge in [0.05, 0.1) is 4.92 Å². The zero-order chi connectivity index (χ0) is 14.7. The van der Waals surface area contributed by atoms with E-state index in [0.29, 0.717) is 5.75 Å². The number of rotatable bonds is 3. The molecular formula is C13H8BrN3O3. The molecule has 0 aliphatic rings. The van der Waals surface area contributed by atoms with E-state index in [0.717, 1.165) is 22.3 Å². The van der Waals surface area contributed by atoms with E-state index in [1.54, 1.807) is 6.07 Å². The normalized spacial score (nSPS) is 9.85. The highest BCUT2D eigenvalue weighted by Crippen LogP contribution is 2.29. The van der Waals surface area contributed by atoms with Crippen molar-refractivity contribution in [1.82, 2.24) is 4.98 Å². The summed E-state index contributed by atoms with van der Waals surface area (Å²) in [4.78, 5) is 13.9. The van der Waals surface area contributed by atoms with Crippen molar-refractivity contribution >= 4 is 21.6 Å². The Morgan fingerprint density at radius 3 is 2.85 bits per heavy atom. The Morgan fingerprint density at radius 2 is 2.20 bits per heavy atom. The quantitative estimate of drug-likeness (QED) is 0.630. The Kier molecular flexibility index (Phi) is 3.96. The van der Waals surface area contributed by atoms with E-state index in [4.69, 9.17) is 10.00 Å². The van der Waals surface area contributed by atoms with E-state index in [2.05, 4.69) is 20.9 Å². The van der Waals surface area contributed by atoms with Crippen molar-refractivity contribution in [2.24, 2.45) is 0 Å². The molecule has 0 atom stereocenters. The van der Waals surface area contributed by atoms with Gasteiger partial charge in [0, 0.05) is 10.5 Å². The van der Waals surface area contributed by atoms with E-state index >= 15 is 0 Å². The standard InChI is InChI=1S/C13H8BrN3O3/c1-8-2-3-10(14)5-12(8)20-13-9(6-15)4-11(7-16-13)17(18)19/h2-5,7H,1H3. The van der Waals surface area contributed by atoms with Gasteiger partial charge in [-0.3, -0.25) is 10.1 Å². The number of benzene rings is 1. The van der Waals surface area contributed by atoms with Gasteiger partial charge in [-0.2, -0.15) is 5.26 Å². The van der Waals surface area contributed by atoms with Crippen LogP contribution in [0.2, 0.25) is 0 Å². The van der Waals surface area contributed by atoms with Gasteiger partial charge < -0.3 is 4.74 Å². The Bertz CT molecular complexity index is 725. The molecule has 0 aliphatic heterocycles. The molecule has 0 saturated heterocycles. The number of ether oxygens (including phenoxy) is 1. The molecule has 1 heterocycles. The monoisotopic (exact) mass is 333 g/mol. The minimum atomic E-state index is -0.609. The zero-order valence-corrected chi connectivity index (χ0v) is 11.9. The molecule has 7 heteroatoms. The van der Waals surface area contributed by atoms with Crippen molar-refractivity contribution in [1.29, 1.82) is 5.26 Å². The second-order valence-electron chi connectivity index (χ2n) is 3.93. The Labute approximate surface area is 122 Å². The molecule has 1 aromatic carbocycles. The molecule has 20 heavy (non-hydrogen) atoms. The summed E-state index contributed by atoms with van der Waals surface area (Å²) in [6.07, 6.45) is 1.06. The van der Waals surface area contributed by atoms with Crippen molar-refractivity contribution in [3.05, 3.63) is 56.2 Å². The molecule has 100 valence electrons. The predicted molar refractivity (Wildman–Crippen MR) is 74.6 cm³/mol. The third-order valence-corrected chi connectivity index (χ3v) is 3.02. The smallest absolute Gasteiger partial charge is 0.289 e. The summed E-state index contributed by atoms with van der Waals surface area (Å²) in [6, 6.07) is 8.41. The second kappa shape index (κ2) is 5.67. The molecule has 0 amide bonds. The highest BCUT2D eigenvalue weighted by molar-refractivity contribution is 9.10. The van der Waals surface area contributed by atoms with Gasteiger partial charge in [0.1, 0.15) is 23.6 Å². The maximum absolute atomic E-state index is 10.6. The van der Waals surface area contributed by atoms with Crippen LogP contribution in [-0.4, -0.2) is 9.91 Å². The van der Waals surface area contributed by atoms with Crippen molar-refractivity contribution in [3.63, 3.8) is 0 Å². The van der Waals surface area contributed by atoms with E-state index in [1.807, 2.05) is 25.1 Å². The third kappa shape index (κ3) is 2.92. The van der Waals surface area contributed by atoms with Crippen LogP contribution in [0.5, 0.6) is 11.6 Å². The van der Waals surface area contributed by atoms with Gasteiger partial charge in [-0.15, -0.1) is 0 Å². The minimum absolute atomic E-state index is 0.0126. The van der Waals surface area contributed by atoms with Gasteiger partial charge in [-0.25, -0.2) is 4.98 Å². The summed E-state index contributed by atoms with van der Waals surface area (Å²) >= 11 is 3.32. The molecule has 6 nitrogen and oxygen atoms in total. The number of pyridine rings is 1. The summed E-state index contributed by atoms with van der Waals surface area (Å²) in [7, 11) is 0. The minimum Gasteiger partial charge on any atom is -0.437 e. The van der Waals surface area contributed by atoms with Crippen LogP contribution in [0.4, 0.5) is 5.69 Å². The first-order valence-electron chi connectivity index (χ1n) is 5.50. The molecule has 2 aromatic rings. The van der Waals surface area contributed by atoms with Gasteiger partial charge in [-0.05, 0) is 24.6 Å². The average Bonchev–Trinajstić information content (AvgIpc) is 2.43. The number of nitro groups is 1. The lowest BCUT2D eigenvalue weighted by atomic mass is 10.2. The lowest BCUT2D eigenvalue weighted by Crippen LogP contribution is -1.96. The van der Waals surface area contributed by atoms with Crippen molar-refractivity contribution in [2.45, 2.75) is 6.92 Å². The van der Waals surface area contributed by atoms with Gasteiger partial charge in [0.15, 0.2) is 0 Å². The molecule has 0 radical (unpaired) electrons. The molecule has 0 aliphatic carbocycles. The number of hydrogen-bond donors (Lipinski definition) is 0. The highest BCUT2D eigenvalue weighted by Gasteiger charge is 2.14. The van der Waals surface area contributed by atoms with Crippen LogP contribution in [0.3, 0.4) is 0 Å².